The monoisotopic (exact) mass is 324 g/mol. The Kier molecular flexibility index (Phi) is 11.0. The van der Waals surface area contributed by atoms with Gasteiger partial charge in [-0.15, -0.1) is 0 Å². The third-order valence-corrected chi connectivity index (χ3v) is 13.4. The summed E-state index contributed by atoms with van der Waals surface area (Å²) in [4.78, 5) is 0. The molecule has 0 nitrogen and oxygen atoms in total. The molecule has 0 aliphatic rings. The smallest absolute Gasteiger partial charge is 0.0205 e. The van der Waals surface area contributed by atoms with Crippen LogP contribution in [0.1, 0.15) is 52.4 Å². The van der Waals surface area contributed by atoms with Crippen LogP contribution in [0, 0.1) is 0 Å². The number of unbranched alkanes of at least 4 members (excludes halogenated alkanes) is 2. The molecular formula is C12H32S2Si3. The van der Waals surface area contributed by atoms with E-state index in [4.69, 9.17) is 0 Å². The molecule has 0 saturated heterocycles. The van der Waals surface area contributed by atoms with Crippen molar-refractivity contribution in [1.29, 1.82) is 0 Å². The second-order valence-corrected chi connectivity index (χ2v) is 33.9. The molecule has 0 rings (SSSR count). The molecule has 0 aromatic carbocycles. The molecule has 0 N–H and O–H groups in total. The van der Waals surface area contributed by atoms with Gasteiger partial charge < -0.3 is 0 Å². The Morgan fingerprint density at radius 3 is 1.47 bits per heavy atom. The zero-order chi connectivity index (χ0) is 13.3. The summed E-state index contributed by atoms with van der Waals surface area (Å²) < 4.78 is 0. The Morgan fingerprint density at radius 2 is 1.18 bits per heavy atom. The summed E-state index contributed by atoms with van der Waals surface area (Å²) in [5.74, 6) is 0. The van der Waals surface area contributed by atoms with Crippen LogP contribution in [-0.4, -0.2) is 37.1 Å². The van der Waals surface area contributed by atoms with E-state index < -0.39 is 7.11 Å². The van der Waals surface area contributed by atoms with Gasteiger partial charge in [0.05, 0.1) is 0 Å². The molecule has 0 radical (unpaired) electrons. The van der Waals surface area contributed by atoms with Gasteiger partial charge in [0, 0.05) is 7.11 Å². The van der Waals surface area contributed by atoms with E-state index in [1.54, 1.807) is 12.1 Å². The highest BCUT2D eigenvalue weighted by molar-refractivity contribution is 7.81. The van der Waals surface area contributed by atoms with Gasteiger partial charge in [0.25, 0.3) is 0 Å². The molecule has 0 aromatic rings. The van der Waals surface area contributed by atoms with Gasteiger partial charge in [-0.1, -0.05) is 51.6 Å². The van der Waals surface area contributed by atoms with Crippen molar-refractivity contribution in [3.05, 3.63) is 0 Å². The van der Waals surface area contributed by atoms with Gasteiger partial charge >= 0.3 is 0 Å². The van der Waals surface area contributed by atoms with Crippen LogP contribution in [0.25, 0.3) is 0 Å². The third-order valence-electron chi connectivity index (χ3n) is 3.45. The lowest BCUT2D eigenvalue weighted by Crippen LogP contribution is -2.36. The van der Waals surface area contributed by atoms with Gasteiger partial charge in [0.1, 0.15) is 0 Å². The van der Waals surface area contributed by atoms with E-state index in [1.165, 1.54) is 58.0 Å². The van der Waals surface area contributed by atoms with Crippen molar-refractivity contribution < 1.29 is 0 Å². The Morgan fingerprint density at radius 1 is 0.824 bits per heavy atom. The maximum absolute atomic E-state index is 4.45. The lowest BCUT2D eigenvalue weighted by atomic mass is 10.2. The normalized spacial score (nSPS) is 19.1. The Bertz CT molecular complexity index is 167. The van der Waals surface area contributed by atoms with Crippen LogP contribution in [0.2, 0.25) is 12.1 Å². The van der Waals surface area contributed by atoms with Crippen LogP contribution < -0.4 is 0 Å². The van der Waals surface area contributed by atoms with Crippen LogP contribution in [0.3, 0.4) is 0 Å². The molecule has 2 unspecified atom stereocenters. The molecule has 0 fully saturated rings. The van der Waals surface area contributed by atoms with E-state index in [-0.39, 0.29) is 0 Å². The van der Waals surface area contributed by atoms with Gasteiger partial charge in [-0.05, 0) is 42.9 Å². The molecule has 104 valence electrons. The standard InChI is InChI=1S/C12H32S2Si3/c1-11(13)7-3-5-9-17(15,16)10-6-4-8-12(2)14/h11-14H,3-10H2,1-2,15-16H3. The first-order valence-electron chi connectivity index (χ1n) is 7.19. The minimum Gasteiger partial charge on any atom is -0.176 e. The van der Waals surface area contributed by atoms with Gasteiger partial charge in [-0.2, -0.15) is 25.3 Å². The van der Waals surface area contributed by atoms with Crippen LogP contribution in [-0.2, 0) is 0 Å². The number of rotatable bonds is 10. The van der Waals surface area contributed by atoms with Crippen LogP contribution in [0.5, 0.6) is 0 Å². The number of hydrogen-bond acceptors (Lipinski definition) is 2. The predicted molar refractivity (Wildman–Crippen MR) is 99.8 cm³/mol. The summed E-state index contributed by atoms with van der Waals surface area (Å²) in [6.07, 6.45) is 8.44. The zero-order valence-corrected chi connectivity index (χ0v) is 19.0. The van der Waals surface area contributed by atoms with Crippen molar-refractivity contribution >= 4 is 51.9 Å². The SMILES string of the molecule is CC(S)CCCC[Si]([SiH3])([SiH3])CCCCC(C)S. The Labute approximate surface area is 126 Å². The summed E-state index contributed by atoms with van der Waals surface area (Å²) in [5, 5.41) is 1.21. The zero-order valence-electron chi connectivity index (χ0n) is 12.2. The van der Waals surface area contributed by atoms with E-state index >= 15 is 0 Å². The second kappa shape index (κ2) is 10.2. The molecule has 0 aromatic heterocycles. The summed E-state index contributed by atoms with van der Waals surface area (Å²) in [7, 11) is 2.45. The van der Waals surface area contributed by atoms with E-state index in [2.05, 4.69) is 39.1 Å². The van der Waals surface area contributed by atoms with Crippen molar-refractivity contribution in [2.75, 3.05) is 0 Å². The van der Waals surface area contributed by atoms with Crippen molar-refractivity contribution in [3.63, 3.8) is 0 Å². The molecule has 5 heteroatoms. The van der Waals surface area contributed by atoms with E-state index in [1.807, 2.05) is 0 Å². The van der Waals surface area contributed by atoms with Crippen molar-refractivity contribution in [2.45, 2.75) is 75.0 Å². The average Bonchev–Trinajstić information content (AvgIpc) is 2.19. The highest BCUT2D eigenvalue weighted by Gasteiger charge is 2.19. The van der Waals surface area contributed by atoms with Crippen LogP contribution >= 0.6 is 25.3 Å². The van der Waals surface area contributed by atoms with Crippen LogP contribution in [0.15, 0.2) is 0 Å². The van der Waals surface area contributed by atoms with Gasteiger partial charge in [0.15, 0.2) is 0 Å². The molecule has 0 amide bonds. The Balaban J connectivity index is 3.51. The van der Waals surface area contributed by atoms with Gasteiger partial charge in [-0.3, -0.25) is 0 Å². The van der Waals surface area contributed by atoms with E-state index in [0.29, 0.717) is 10.5 Å². The molecule has 0 aliphatic carbocycles. The topological polar surface area (TPSA) is 0 Å². The minimum atomic E-state index is -0.619. The first-order valence-corrected chi connectivity index (χ1v) is 17.6. The van der Waals surface area contributed by atoms with Gasteiger partial charge in [0.2, 0.25) is 0 Å². The highest BCUT2D eigenvalue weighted by Crippen LogP contribution is 2.19. The predicted octanol–water partition coefficient (Wildman–Crippen LogP) is 2.14. The fraction of sp³-hybridized carbons (Fsp3) is 1.00. The van der Waals surface area contributed by atoms with Crippen LogP contribution in [0.4, 0.5) is 0 Å². The summed E-state index contributed by atoms with van der Waals surface area (Å²) >= 11 is 8.91. The maximum atomic E-state index is 4.45. The molecule has 0 aliphatic heterocycles. The van der Waals surface area contributed by atoms with Crippen molar-refractivity contribution in [2.24, 2.45) is 0 Å². The lowest BCUT2D eigenvalue weighted by Gasteiger charge is -2.22. The quantitative estimate of drug-likeness (QED) is 0.343. The number of thiol groups is 2. The minimum absolute atomic E-state index is 0.603. The molecule has 0 saturated carbocycles. The second-order valence-electron chi connectivity index (χ2n) is 6.35. The largest absolute Gasteiger partial charge is 0.176 e. The molecular weight excluding hydrogens is 293 g/mol. The molecule has 0 heterocycles. The fourth-order valence-corrected chi connectivity index (χ4v) is 9.48. The fourth-order valence-electron chi connectivity index (χ4n) is 2.21. The lowest BCUT2D eigenvalue weighted by molar-refractivity contribution is 0.699. The summed E-state index contributed by atoms with van der Waals surface area (Å²) in [5.41, 5.74) is 0. The molecule has 17 heavy (non-hydrogen) atoms. The molecule has 0 spiro atoms. The summed E-state index contributed by atoms with van der Waals surface area (Å²) in [6, 6.07) is 3.25. The average molecular weight is 325 g/mol. The van der Waals surface area contributed by atoms with Crippen molar-refractivity contribution in [1.82, 2.24) is 0 Å². The van der Waals surface area contributed by atoms with Gasteiger partial charge in [-0.25, -0.2) is 0 Å². The molecule has 2 atom stereocenters. The van der Waals surface area contributed by atoms with E-state index in [9.17, 15) is 0 Å². The first-order chi connectivity index (χ1) is 7.83. The number of hydrogen-bond donors (Lipinski definition) is 2. The molecule has 0 bridgehead atoms. The van der Waals surface area contributed by atoms with E-state index in [0.717, 1.165) is 0 Å². The Hall–Kier alpha value is 1.35. The first kappa shape index (κ1) is 18.4. The maximum Gasteiger partial charge on any atom is 0.0205 e. The van der Waals surface area contributed by atoms with Crippen molar-refractivity contribution in [3.8, 4) is 0 Å². The third kappa shape index (κ3) is 13.6. The highest BCUT2D eigenvalue weighted by atomic mass is 32.1. The summed E-state index contributed by atoms with van der Waals surface area (Å²) in [6.45, 7) is 4.43.